The van der Waals surface area contributed by atoms with Crippen molar-refractivity contribution in [3.05, 3.63) is 114 Å². The predicted molar refractivity (Wildman–Crippen MR) is 152 cm³/mol. The molecule has 0 radical (unpaired) electrons. The predicted octanol–water partition coefficient (Wildman–Crippen LogP) is 6.37. The summed E-state index contributed by atoms with van der Waals surface area (Å²) in [6.07, 6.45) is 3.49. The van der Waals surface area contributed by atoms with Crippen LogP contribution in [0.3, 0.4) is 0 Å². The Labute approximate surface area is 233 Å². The second kappa shape index (κ2) is 12.4. The molecular weight excluding hydrogens is 508 g/mol. The molecule has 0 spiro atoms. The number of terminal acetylenes is 1. The third kappa shape index (κ3) is 6.05. The first-order chi connectivity index (χ1) is 19.3. The average Bonchev–Trinajstić information content (AvgIpc) is 3.00. The molecule has 0 unspecified atom stereocenters. The van der Waals surface area contributed by atoms with Crippen LogP contribution in [0.25, 0.3) is 10.8 Å². The van der Waals surface area contributed by atoms with Crippen LogP contribution in [-0.4, -0.2) is 43.1 Å². The van der Waals surface area contributed by atoms with E-state index in [2.05, 4.69) is 48.4 Å². The fraction of sp³-hybridized carbons (Fsp3) is 0.273. The molecule has 2 fully saturated rings. The molecule has 0 bridgehead atoms. The number of thioether (sulfide) groups is 1. The van der Waals surface area contributed by atoms with Gasteiger partial charge >= 0.3 is 0 Å². The molecule has 4 aromatic rings. The first-order valence-corrected chi connectivity index (χ1v) is 14.0. The second-order valence-electron chi connectivity index (χ2n) is 9.59. The molecule has 0 amide bonds. The zero-order valence-electron chi connectivity index (χ0n) is 21.4. The van der Waals surface area contributed by atoms with E-state index in [0.717, 1.165) is 16.0 Å². The highest BCUT2D eigenvalue weighted by atomic mass is 32.2. The summed E-state index contributed by atoms with van der Waals surface area (Å²) in [6, 6.07) is 34.8. The number of hydrogen-bond acceptors (Lipinski definition) is 6. The largest absolute Gasteiger partial charge is 0.368 e. The van der Waals surface area contributed by atoms with Crippen molar-refractivity contribution in [1.29, 1.82) is 0 Å². The maximum atomic E-state index is 6.68. The molecule has 2 heterocycles. The summed E-state index contributed by atoms with van der Waals surface area (Å²) in [5.74, 6) is 2.61. The summed E-state index contributed by atoms with van der Waals surface area (Å²) in [4.78, 5) is 1.07. The number of hydrogen-bond donors (Lipinski definition) is 0. The second-order valence-corrected chi connectivity index (χ2v) is 10.8. The number of benzene rings is 4. The Morgan fingerprint density at radius 2 is 1.54 bits per heavy atom. The van der Waals surface area contributed by atoms with Gasteiger partial charge in [-0.15, -0.1) is 6.42 Å². The third-order valence-corrected chi connectivity index (χ3v) is 8.12. The molecule has 5 nitrogen and oxygen atoms in total. The van der Waals surface area contributed by atoms with Crippen molar-refractivity contribution in [2.24, 2.45) is 0 Å². The van der Waals surface area contributed by atoms with E-state index in [9.17, 15) is 0 Å². The van der Waals surface area contributed by atoms with Crippen molar-refractivity contribution in [3.63, 3.8) is 0 Å². The van der Waals surface area contributed by atoms with Gasteiger partial charge in [-0.2, -0.15) is 0 Å². The Bertz CT molecular complexity index is 1410. The van der Waals surface area contributed by atoms with Gasteiger partial charge in [0.05, 0.1) is 13.2 Å². The first kappa shape index (κ1) is 26.1. The van der Waals surface area contributed by atoms with Gasteiger partial charge < -0.3 is 23.7 Å². The van der Waals surface area contributed by atoms with Gasteiger partial charge in [0.25, 0.3) is 0 Å². The van der Waals surface area contributed by atoms with Crippen LogP contribution in [0.1, 0.15) is 17.4 Å². The van der Waals surface area contributed by atoms with E-state index in [1.165, 1.54) is 10.8 Å². The minimum absolute atomic E-state index is 0.145. The molecule has 4 aromatic carbocycles. The Balaban J connectivity index is 1.29. The maximum Gasteiger partial charge on any atom is 0.184 e. The van der Waals surface area contributed by atoms with Crippen LogP contribution < -0.4 is 0 Å². The van der Waals surface area contributed by atoms with E-state index < -0.39 is 24.6 Å². The van der Waals surface area contributed by atoms with E-state index in [1.54, 1.807) is 11.8 Å². The summed E-state index contributed by atoms with van der Waals surface area (Å²) in [7, 11) is 0. The van der Waals surface area contributed by atoms with Crippen molar-refractivity contribution >= 4 is 22.5 Å². The van der Waals surface area contributed by atoms with Crippen molar-refractivity contribution in [2.45, 2.75) is 47.6 Å². The van der Waals surface area contributed by atoms with Crippen LogP contribution in [0.4, 0.5) is 0 Å². The van der Waals surface area contributed by atoms with Gasteiger partial charge in [0.2, 0.25) is 0 Å². The molecule has 0 saturated carbocycles. The highest BCUT2D eigenvalue weighted by Crippen LogP contribution is 2.41. The lowest BCUT2D eigenvalue weighted by atomic mass is 9.98. The van der Waals surface area contributed by atoms with E-state index >= 15 is 0 Å². The molecule has 6 rings (SSSR count). The van der Waals surface area contributed by atoms with E-state index in [0.29, 0.717) is 13.2 Å². The molecule has 2 aliphatic rings. The van der Waals surface area contributed by atoms with Crippen LogP contribution in [-0.2, 0) is 30.3 Å². The summed E-state index contributed by atoms with van der Waals surface area (Å²) >= 11 is 1.60. The van der Waals surface area contributed by atoms with Gasteiger partial charge in [-0.1, -0.05) is 103 Å². The molecule has 6 heteroatoms. The lowest BCUT2D eigenvalue weighted by Gasteiger charge is -2.49. The summed E-state index contributed by atoms with van der Waals surface area (Å²) in [5, 5.41) is 2.37. The average molecular weight is 539 g/mol. The lowest BCUT2D eigenvalue weighted by Crippen LogP contribution is -2.62. The van der Waals surface area contributed by atoms with Gasteiger partial charge in [-0.3, -0.25) is 0 Å². The van der Waals surface area contributed by atoms with Crippen molar-refractivity contribution in [2.75, 3.05) is 13.2 Å². The van der Waals surface area contributed by atoms with Crippen molar-refractivity contribution in [3.8, 4) is 12.3 Å². The zero-order valence-corrected chi connectivity index (χ0v) is 22.2. The van der Waals surface area contributed by atoms with Gasteiger partial charge in [-0.25, -0.2) is 0 Å². The number of fused-ring (bicyclic) bond motifs is 2. The summed E-state index contributed by atoms with van der Waals surface area (Å²) in [6.45, 7) is 0.928. The van der Waals surface area contributed by atoms with E-state index in [-0.39, 0.29) is 18.1 Å². The molecule has 0 aliphatic carbocycles. The lowest BCUT2D eigenvalue weighted by molar-refractivity contribution is -0.328. The SMILES string of the molecule is C#CCO[C@H]1[C@@H](OCc2ccc3ccccc3c2)[C@@H]2O[C@H](c3ccccc3)OC[C@H]2O[C@@H]1Sc1ccccc1. The fourth-order valence-corrected chi connectivity index (χ4v) is 6.23. The standard InChI is InChI=1S/C33H30O5S/c1-2-19-34-31-30(35-21-23-17-18-24-11-9-10-14-26(24)20-23)29-28(37-33(31)39-27-15-7-4-8-16-27)22-36-32(38-29)25-12-5-3-6-13-25/h1,3-18,20,28-33H,19,21-22H2/t28-,29-,30+,31+,32-,33-/m1/s1. The molecule has 39 heavy (non-hydrogen) atoms. The zero-order chi connectivity index (χ0) is 26.4. The minimum Gasteiger partial charge on any atom is -0.368 e. The third-order valence-electron chi connectivity index (χ3n) is 6.97. The van der Waals surface area contributed by atoms with Gasteiger partial charge in [0.1, 0.15) is 36.5 Å². The van der Waals surface area contributed by atoms with Crippen LogP contribution in [0.15, 0.2) is 108 Å². The van der Waals surface area contributed by atoms with Gasteiger partial charge in [0, 0.05) is 10.5 Å². The Kier molecular flexibility index (Phi) is 8.27. The molecule has 0 N–H and O–H groups in total. The molecule has 6 atom stereocenters. The topological polar surface area (TPSA) is 46.2 Å². The fourth-order valence-electron chi connectivity index (χ4n) is 5.09. The number of ether oxygens (including phenoxy) is 5. The molecule has 0 aromatic heterocycles. The van der Waals surface area contributed by atoms with Gasteiger partial charge in [0.15, 0.2) is 6.29 Å². The summed E-state index contributed by atoms with van der Waals surface area (Å²) < 4.78 is 32.2. The monoisotopic (exact) mass is 538 g/mol. The summed E-state index contributed by atoms with van der Waals surface area (Å²) in [5.41, 5.74) is 1.67. The van der Waals surface area contributed by atoms with Crippen molar-refractivity contribution in [1.82, 2.24) is 0 Å². The minimum atomic E-state index is -0.519. The highest BCUT2D eigenvalue weighted by Gasteiger charge is 2.51. The van der Waals surface area contributed by atoms with Crippen molar-refractivity contribution < 1.29 is 23.7 Å². The Morgan fingerprint density at radius 3 is 2.33 bits per heavy atom. The molecular formula is C33H30O5S. The highest BCUT2D eigenvalue weighted by molar-refractivity contribution is 7.99. The number of rotatable bonds is 8. The van der Waals surface area contributed by atoms with Crippen LogP contribution in [0.5, 0.6) is 0 Å². The molecule has 2 aliphatic heterocycles. The first-order valence-electron chi connectivity index (χ1n) is 13.1. The molecule has 198 valence electrons. The van der Waals surface area contributed by atoms with Crippen LogP contribution in [0.2, 0.25) is 0 Å². The quantitative estimate of drug-likeness (QED) is 0.243. The molecule has 2 saturated heterocycles. The van der Waals surface area contributed by atoms with E-state index in [1.807, 2.05) is 60.7 Å². The van der Waals surface area contributed by atoms with E-state index in [4.69, 9.17) is 30.1 Å². The smallest absolute Gasteiger partial charge is 0.184 e. The Hall–Kier alpha value is -3.15. The normalized spacial score (nSPS) is 26.5. The van der Waals surface area contributed by atoms with Crippen LogP contribution in [0, 0.1) is 12.3 Å². The Morgan fingerprint density at radius 1 is 0.795 bits per heavy atom. The van der Waals surface area contributed by atoms with Crippen LogP contribution >= 0.6 is 11.8 Å². The van der Waals surface area contributed by atoms with Gasteiger partial charge in [-0.05, 0) is 34.5 Å². The maximum absolute atomic E-state index is 6.68.